The normalized spacial score (nSPS) is 11.6. The topological polar surface area (TPSA) is 81.9 Å². The summed E-state index contributed by atoms with van der Waals surface area (Å²) >= 11 is 0. The molecule has 0 amide bonds. The summed E-state index contributed by atoms with van der Waals surface area (Å²) in [4.78, 5) is 0.0360. The van der Waals surface area contributed by atoms with Gasteiger partial charge in [-0.25, -0.2) is 8.42 Å². The van der Waals surface area contributed by atoms with Crippen LogP contribution in [0, 0.1) is 0 Å². The maximum Gasteiger partial charge on any atom is 0.245 e. The molecular formula is C12H20N2O4S. The molecule has 1 rings (SSSR count). The van der Waals surface area contributed by atoms with E-state index in [0.29, 0.717) is 24.6 Å². The monoisotopic (exact) mass is 288 g/mol. The largest absolute Gasteiger partial charge is 0.493 e. The zero-order valence-electron chi connectivity index (χ0n) is 11.6. The Bertz CT molecular complexity index is 539. The van der Waals surface area contributed by atoms with E-state index in [-0.39, 0.29) is 10.6 Å². The van der Waals surface area contributed by atoms with Gasteiger partial charge in [0.1, 0.15) is 4.90 Å². The van der Waals surface area contributed by atoms with E-state index in [1.54, 1.807) is 13.8 Å². The molecule has 1 aromatic carbocycles. The second-order valence-electron chi connectivity index (χ2n) is 3.83. The molecule has 19 heavy (non-hydrogen) atoms. The predicted molar refractivity (Wildman–Crippen MR) is 74.1 cm³/mol. The van der Waals surface area contributed by atoms with Crippen molar-refractivity contribution in [1.82, 2.24) is 4.31 Å². The number of methoxy groups -OCH3 is 2. The van der Waals surface area contributed by atoms with Crippen LogP contribution in [0.2, 0.25) is 0 Å². The van der Waals surface area contributed by atoms with Gasteiger partial charge in [0.25, 0.3) is 0 Å². The minimum atomic E-state index is -3.62. The standard InChI is InChI=1S/C12H20N2O4S/c1-5-14(6-2)19(15,16)12-8-11(18-4)10(17-3)7-9(12)13/h7-8H,5-6,13H2,1-4H3. The molecule has 0 aliphatic carbocycles. The van der Waals surface area contributed by atoms with Crippen LogP contribution in [0.5, 0.6) is 11.5 Å². The fourth-order valence-electron chi connectivity index (χ4n) is 1.80. The lowest BCUT2D eigenvalue weighted by Gasteiger charge is -2.20. The fraction of sp³-hybridized carbons (Fsp3) is 0.500. The zero-order chi connectivity index (χ0) is 14.6. The molecule has 0 atom stereocenters. The molecule has 0 saturated carbocycles. The first-order valence-corrected chi connectivity index (χ1v) is 7.37. The van der Waals surface area contributed by atoms with Gasteiger partial charge in [-0.15, -0.1) is 0 Å². The summed E-state index contributed by atoms with van der Waals surface area (Å²) in [5.41, 5.74) is 5.96. The summed E-state index contributed by atoms with van der Waals surface area (Å²) in [5.74, 6) is 0.737. The van der Waals surface area contributed by atoms with Gasteiger partial charge in [-0.05, 0) is 0 Å². The molecule has 0 fully saturated rings. The summed E-state index contributed by atoms with van der Waals surface area (Å²) in [5, 5.41) is 0. The molecule has 1 aromatic rings. The number of anilines is 1. The Labute approximate surface area is 114 Å². The Morgan fingerprint density at radius 3 is 2.00 bits per heavy atom. The van der Waals surface area contributed by atoms with Crippen LogP contribution in [0.25, 0.3) is 0 Å². The molecule has 7 heteroatoms. The van der Waals surface area contributed by atoms with E-state index < -0.39 is 10.0 Å². The van der Waals surface area contributed by atoms with Crippen LogP contribution in [0.15, 0.2) is 17.0 Å². The summed E-state index contributed by atoms with van der Waals surface area (Å²) in [6.45, 7) is 4.31. The van der Waals surface area contributed by atoms with Crippen LogP contribution < -0.4 is 15.2 Å². The van der Waals surface area contributed by atoms with Crippen molar-refractivity contribution in [3.63, 3.8) is 0 Å². The highest BCUT2D eigenvalue weighted by atomic mass is 32.2. The predicted octanol–water partition coefficient (Wildman–Crippen LogP) is 1.32. The van der Waals surface area contributed by atoms with Crippen LogP contribution >= 0.6 is 0 Å². The summed E-state index contributed by atoms with van der Waals surface area (Å²) in [7, 11) is -0.702. The van der Waals surface area contributed by atoms with Gasteiger partial charge in [-0.3, -0.25) is 0 Å². The average Bonchev–Trinajstić information content (AvgIpc) is 2.39. The molecule has 0 radical (unpaired) electrons. The lowest BCUT2D eigenvalue weighted by molar-refractivity contribution is 0.354. The molecule has 0 heterocycles. The molecule has 0 aliphatic rings. The highest BCUT2D eigenvalue weighted by Gasteiger charge is 2.26. The van der Waals surface area contributed by atoms with Crippen molar-refractivity contribution in [2.75, 3.05) is 33.0 Å². The van der Waals surface area contributed by atoms with Crippen LogP contribution in [-0.4, -0.2) is 40.0 Å². The van der Waals surface area contributed by atoms with Crippen LogP contribution in [-0.2, 0) is 10.0 Å². The third-order valence-electron chi connectivity index (χ3n) is 2.84. The number of hydrogen-bond acceptors (Lipinski definition) is 5. The Kier molecular flexibility index (Phi) is 5.02. The zero-order valence-corrected chi connectivity index (χ0v) is 12.5. The number of rotatable bonds is 6. The third kappa shape index (κ3) is 2.93. The van der Waals surface area contributed by atoms with Crippen molar-refractivity contribution in [1.29, 1.82) is 0 Å². The smallest absolute Gasteiger partial charge is 0.245 e. The van der Waals surface area contributed by atoms with Crippen molar-refractivity contribution in [3.05, 3.63) is 12.1 Å². The van der Waals surface area contributed by atoms with Gasteiger partial charge in [0.2, 0.25) is 10.0 Å². The number of ether oxygens (including phenoxy) is 2. The van der Waals surface area contributed by atoms with Crippen LogP contribution in [0.4, 0.5) is 5.69 Å². The number of hydrogen-bond donors (Lipinski definition) is 1. The Hall–Kier alpha value is -1.47. The fourth-order valence-corrected chi connectivity index (χ4v) is 3.37. The number of benzene rings is 1. The van der Waals surface area contributed by atoms with E-state index in [1.165, 1.54) is 30.7 Å². The molecule has 0 bridgehead atoms. The van der Waals surface area contributed by atoms with E-state index in [0.717, 1.165) is 0 Å². The lowest BCUT2D eigenvalue weighted by atomic mass is 10.3. The van der Waals surface area contributed by atoms with E-state index in [2.05, 4.69) is 0 Å². The van der Waals surface area contributed by atoms with E-state index in [9.17, 15) is 8.42 Å². The maximum atomic E-state index is 12.4. The summed E-state index contributed by atoms with van der Waals surface area (Å²) in [6, 6.07) is 2.84. The summed E-state index contributed by atoms with van der Waals surface area (Å²) in [6.07, 6.45) is 0. The van der Waals surface area contributed by atoms with Crippen molar-refractivity contribution >= 4 is 15.7 Å². The average molecular weight is 288 g/mol. The van der Waals surface area contributed by atoms with Gasteiger partial charge in [0, 0.05) is 25.2 Å². The lowest BCUT2D eigenvalue weighted by Crippen LogP contribution is -2.31. The number of sulfonamides is 1. The first-order valence-electron chi connectivity index (χ1n) is 5.93. The van der Waals surface area contributed by atoms with Crippen molar-refractivity contribution in [3.8, 4) is 11.5 Å². The minimum absolute atomic E-state index is 0.0360. The maximum absolute atomic E-state index is 12.4. The number of nitrogen functional groups attached to an aromatic ring is 1. The molecule has 0 saturated heterocycles. The highest BCUT2D eigenvalue weighted by Crippen LogP contribution is 2.35. The van der Waals surface area contributed by atoms with Crippen molar-refractivity contribution in [2.24, 2.45) is 0 Å². The Morgan fingerprint density at radius 1 is 1.11 bits per heavy atom. The second kappa shape index (κ2) is 6.12. The summed E-state index contributed by atoms with van der Waals surface area (Å²) < 4.78 is 36.4. The molecule has 0 spiro atoms. The number of nitrogens with zero attached hydrogens (tertiary/aromatic N) is 1. The Balaban J connectivity index is 3.43. The van der Waals surface area contributed by atoms with Gasteiger partial charge in [-0.1, -0.05) is 13.8 Å². The molecule has 0 aromatic heterocycles. The van der Waals surface area contributed by atoms with Crippen LogP contribution in [0.3, 0.4) is 0 Å². The van der Waals surface area contributed by atoms with Gasteiger partial charge < -0.3 is 15.2 Å². The molecule has 108 valence electrons. The first-order chi connectivity index (χ1) is 8.92. The quantitative estimate of drug-likeness (QED) is 0.798. The van der Waals surface area contributed by atoms with Gasteiger partial charge in [0.05, 0.1) is 19.9 Å². The first kappa shape index (κ1) is 15.6. The van der Waals surface area contributed by atoms with Crippen molar-refractivity contribution < 1.29 is 17.9 Å². The van der Waals surface area contributed by atoms with Crippen LogP contribution in [0.1, 0.15) is 13.8 Å². The van der Waals surface area contributed by atoms with E-state index >= 15 is 0 Å². The van der Waals surface area contributed by atoms with Gasteiger partial charge >= 0.3 is 0 Å². The molecular weight excluding hydrogens is 268 g/mol. The third-order valence-corrected chi connectivity index (χ3v) is 4.94. The molecule has 0 aliphatic heterocycles. The molecule has 0 unspecified atom stereocenters. The van der Waals surface area contributed by atoms with E-state index in [4.69, 9.17) is 15.2 Å². The highest BCUT2D eigenvalue weighted by molar-refractivity contribution is 7.89. The van der Waals surface area contributed by atoms with E-state index in [1.807, 2.05) is 0 Å². The molecule has 2 N–H and O–H groups in total. The van der Waals surface area contributed by atoms with Gasteiger partial charge in [-0.2, -0.15) is 4.31 Å². The molecule has 6 nitrogen and oxygen atoms in total. The Morgan fingerprint density at radius 2 is 1.58 bits per heavy atom. The number of nitrogens with two attached hydrogens (primary N) is 1. The van der Waals surface area contributed by atoms with Crippen molar-refractivity contribution in [2.45, 2.75) is 18.7 Å². The van der Waals surface area contributed by atoms with Gasteiger partial charge in [0.15, 0.2) is 11.5 Å². The minimum Gasteiger partial charge on any atom is -0.493 e. The SMILES string of the molecule is CCN(CC)S(=O)(=O)c1cc(OC)c(OC)cc1N. The second-order valence-corrected chi connectivity index (χ2v) is 5.74.